The molecule has 0 atom stereocenters. The summed E-state index contributed by atoms with van der Waals surface area (Å²) in [6, 6.07) is 0. The molecular formula is C8H12N2O5S. The molecule has 7 nitrogen and oxygen atoms in total. The number of rotatable bonds is 5. The Morgan fingerprint density at radius 3 is 2.75 bits per heavy atom. The van der Waals surface area contributed by atoms with Gasteiger partial charge in [-0.05, 0) is 6.92 Å². The van der Waals surface area contributed by atoms with Gasteiger partial charge in [0.1, 0.15) is 12.2 Å². The van der Waals surface area contributed by atoms with Crippen molar-refractivity contribution in [2.75, 3.05) is 12.9 Å². The van der Waals surface area contributed by atoms with Gasteiger partial charge in [-0.1, -0.05) is 5.16 Å². The molecule has 1 aromatic rings. The number of hydrogen-bond donors (Lipinski definition) is 0. The maximum absolute atomic E-state index is 11.0. The van der Waals surface area contributed by atoms with E-state index in [1.165, 1.54) is 0 Å². The van der Waals surface area contributed by atoms with E-state index in [1.54, 1.807) is 6.92 Å². The highest BCUT2D eigenvalue weighted by Gasteiger charge is 2.14. The van der Waals surface area contributed by atoms with Crippen molar-refractivity contribution in [3.63, 3.8) is 0 Å². The van der Waals surface area contributed by atoms with E-state index in [9.17, 15) is 13.2 Å². The largest absolute Gasteiger partial charge is 0.466 e. The van der Waals surface area contributed by atoms with Crippen molar-refractivity contribution in [1.82, 2.24) is 10.1 Å². The number of hydrogen-bond acceptors (Lipinski definition) is 7. The van der Waals surface area contributed by atoms with Crippen LogP contribution in [0, 0.1) is 0 Å². The Labute approximate surface area is 92.7 Å². The molecule has 0 aliphatic rings. The number of sulfone groups is 1. The van der Waals surface area contributed by atoms with Crippen LogP contribution < -0.4 is 0 Å². The van der Waals surface area contributed by atoms with E-state index < -0.39 is 15.8 Å². The van der Waals surface area contributed by atoms with Gasteiger partial charge >= 0.3 is 5.97 Å². The first-order valence-corrected chi connectivity index (χ1v) is 6.61. The van der Waals surface area contributed by atoms with Crippen molar-refractivity contribution >= 4 is 15.8 Å². The van der Waals surface area contributed by atoms with Gasteiger partial charge < -0.3 is 9.26 Å². The average Bonchev–Trinajstić information content (AvgIpc) is 2.49. The van der Waals surface area contributed by atoms with E-state index in [1.807, 2.05) is 0 Å². The van der Waals surface area contributed by atoms with Crippen LogP contribution in [0.3, 0.4) is 0 Å². The molecule has 0 aliphatic heterocycles. The van der Waals surface area contributed by atoms with Crippen LogP contribution in [0.15, 0.2) is 4.52 Å². The van der Waals surface area contributed by atoms with E-state index >= 15 is 0 Å². The average molecular weight is 248 g/mol. The Balaban J connectivity index is 2.62. The lowest BCUT2D eigenvalue weighted by molar-refractivity contribution is -0.142. The lowest BCUT2D eigenvalue weighted by Gasteiger charge is -1.96. The fourth-order valence-corrected chi connectivity index (χ4v) is 1.58. The first-order valence-electron chi connectivity index (χ1n) is 4.55. The Morgan fingerprint density at radius 2 is 2.19 bits per heavy atom. The van der Waals surface area contributed by atoms with Gasteiger partial charge in [0.15, 0.2) is 15.7 Å². The van der Waals surface area contributed by atoms with Crippen LogP contribution in [0.1, 0.15) is 18.6 Å². The normalized spacial score (nSPS) is 11.4. The highest BCUT2D eigenvalue weighted by atomic mass is 32.2. The van der Waals surface area contributed by atoms with Crippen LogP contribution in [0.4, 0.5) is 0 Å². The zero-order chi connectivity index (χ0) is 12.2. The van der Waals surface area contributed by atoms with Gasteiger partial charge in [0, 0.05) is 6.26 Å². The molecule has 8 heteroatoms. The van der Waals surface area contributed by atoms with Crippen LogP contribution >= 0.6 is 0 Å². The minimum atomic E-state index is -3.20. The first-order chi connectivity index (χ1) is 7.40. The van der Waals surface area contributed by atoms with Crippen molar-refractivity contribution in [3.8, 4) is 0 Å². The molecule has 16 heavy (non-hydrogen) atoms. The smallest absolute Gasteiger partial charge is 0.315 e. The molecule has 0 saturated heterocycles. The highest BCUT2D eigenvalue weighted by Crippen LogP contribution is 2.03. The quantitative estimate of drug-likeness (QED) is 0.660. The van der Waals surface area contributed by atoms with Crippen LogP contribution in [-0.2, 0) is 31.5 Å². The van der Waals surface area contributed by atoms with Crippen molar-refractivity contribution in [2.24, 2.45) is 0 Å². The Kier molecular flexibility index (Phi) is 3.99. The minimum absolute atomic E-state index is 0.0433. The summed E-state index contributed by atoms with van der Waals surface area (Å²) < 4.78 is 31.2. The molecule has 0 bridgehead atoms. The molecule has 0 aliphatic carbocycles. The van der Waals surface area contributed by atoms with E-state index in [4.69, 9.17) is 4.52 Å². The van der Waals surface area contributed by atoms with Crippen LogP contribution in [-0.4, -0.2) is 37.4 Å². The van der Waals surface area contributed by atoms with Crippen LogP contribution in [0.2, 0.25) is 0 Å². The predicted molar refractivity (Wildman–Crippen MR) is 53.2 cm³/mol. The Morgan fingerprint density at radius 1 is 1.50 bits per heavy atom. The second-order valence-electron chi connectivity index (χ2n) is 3.16. The summed E-state index contributed by atoms with van der Waals surface area (Å²) in [5.41, 5.74) is 0. The van der Waals surface area contributed by atoms with Crippen molar-refractivity contribution in [3.05, 3.63) is 11.7 Å². The molecule has 0 saturated carbocycles. The summed E-state index contributed by atoms with van der Waals surface area (Å²) in [4.78, 5) is 14.8. The van der Waals surface area contributed by atoms with Gasteiger partial charge in [-0.15, -0.1) is 0 Å². The maximum atomic E-state index is 11.0. The topological polar surface area (TPSA) is 99.4 Å². The number of esters is 1. The molecule has 90 valence electrons. The number of carbonyl (C=O) groups excluding carboxylic acids is 1. The standard InChI is InChI=1S/C8H12N2O5S/c1-3-14-8(11)4-7-9-6(10-15-7)5-16(2,12)13/h3-5H2,1-2H3. The third-order valence-corrected chi connectivity index (χ3v) is 2.28. The summed E-state index contributed by atoms with van der Waals surface area (Å²) in [7, 11) is -3.20. The molecule has 0 N–H and O–H groups in total. The zero-order valence-electron chi connectivity index (χ0n) is 8.97. The zero-order valence-corrected chi connectivity index (χ0v) is 9.78. The van der Waals surface area contributed by atoms with Gasteiger partial charge in [-0.2, -0.15) is 4.98 Å². The second kappa shape index (κ2) is 5.06. The summed E-state index contributed by atoms with van der Waals surface area (Å²) >= 11 is 0. The molecule has 0 amide bonds. The van der Waals surface area contributed by atoms with E-state index in [0.717, 1.165) is 6.26 Å². The Bertz CT molecular complexity index is 465. The Hall–Kier alpha value is -1.44. The van der Waals surface area contributed by atoms with E-state index in [0.29, 0.717) is 0 Å². The van der Waals surface area contributed by atoms with Crippen molar-refractivity contribution in [1.29, 1.82) is 0 Å². The molecule has 0 fully saturated rings. The third-order valence-electron chi connectivity index (χ3n) is 1.50. The monoisotopic (exact) mass is 248 g/mol. The maximum Gasteiger partial charge on any atom is 0.315 e. The van der Waals surface area contributed by atoms with Gasteiger partial charge in [-0.3, -0.25) is 4.79 Å². The summed E-state index contributed by atoms with van der Waals surface area (Å²) in [6.07, 6.45) is 0.916. The lowest BCUT2D eigenvalue weighted by Crippen LogP contribution is -2.08. The summed E-state index contributed by atoms with van der Waals surface area (Å²) in [6.45, 7) is 1.95. The number of aromatic nitrogens is 2. The number of ether oxygens (including phenoxy) is 1. The van der Waals surface area contributed by atoms with E-state index in [-0.39, 0.29) is 30.5 Å². The fourth-order valence-electron chi connectivity index (χ4n) is 0.991. The van der Waals surface area contributed by atoms with Crippen LogP contribution in [0.5, 0.6) is 0 Å². The molecule has 1 aromatic heterocycles. The van der Waals surface area contributed by atoms with Crippen LogP contribution in [0.25, 0.3) is 0 Å². The SMILES string of the molecule is CCOC(=O)Cc1nc(CS(C)(=O)=O)no1. The highest BCUT2D eigenvalue weighted by molar-refractivity contribution is 7.89. The minimum Gasteiger partial charge on any atom is -0.466 e. The first kappa shape index (κ1) is 12.6. The lowest BCUT2D eigenvalue weighted by atomic mass is 10.4. The molecule has 1 rings (SSSR count). The molecule has 0 aromatic carbocycles. The van der Waals surface area contributed by atoms with Gasteiger partial charge in [0.25, 0.3) is 0 Å². The molecule has 0 unspecified atom stereocenters. The summed E-state index contributed by atoms with van der Waals surface area (Å²) in [5.74, 6) is -0.699. The summed E-state index contributed by atoms with van der Waals surface area (Å²) in [5, 5.41) is 3.44. The van der Waals surface area contributed by atoms with E-state index in [2.05, 4.69) is 14.9 Å². The number of carbonyl (C=O) groups is 1. The van der Waals surface area contributed by atoms with Crippen molar-refractivity contribution in [2.45, 2.75) is 19.1 Å². The number of nitrogens with zero attached hydrogens (tertiary/aromatic N) is 2. The van der Waals surface area contributed by atoms with Gasteiger partial charge in [0.05, 0.1) is 6.61 Å². The van der Waals surface area contributed by atoms with Gasteiger partial charge in [0.2, 0.25) is 5.89 Å². The predicted octanol–water partition coefficient (Wildman–Crippen LogP) is -0.280. The molecule has 0 spiro atoms. The fraction of sp³-hybridized carbons (Fsp3) is 0.625. The van der Waals surface area contributed by atoms with Gasteiger partial charge in [-0.25, -0.2) is 8.42 Å². The third kappa shape index (κ3) is 4.39. The molecule has 0 radical (unpaired) electrons. The second-order valence-corrected chi connectivity index (χ2v) is 5.30. The molecule has 1 heterocycles. The van der Waals surface area contributed by atoms with Crippen molar-refractivity contribution < 1.29 is 22.5 Å². The molecular weight excluding hydrogens is 236 g/mol.